The average molecular weight is 408 g/mol. The lowest BCUT2D eigenvalue weighted by molar-refractivity contribution is -0.159. The Hall–Kier alpha value is -2.52. The van der Waals surface area contributed by atoms with Crippen molar-refractivity contribution in [2.45, 2.75) is 44.6 Å². The molecule has 2 unspecified atom stereocenters. The minimum absolute atomic E-state index is 0.0934. The second-order valence-corrected chi connectivity index (χ2v) is 7.69. The lowest BCUT2D eigenvalue weighted by Crippen LogP contribution is -2.43. The van der Waals surface area contributed by atoms with Gasteiger partial charge in [0.15, 0.2) is 17.9 Å². The summed E-state index contributed by atoms with van der Waals surface area (Å²) >= 11 is 0. The maximum atomic E-state index is 13.7. The van der Waals surface area contributed by atoms with Gasteiger partial charge in [0.25, 0.3) is 12.3 Å². The number of ether oxygens (including phenoxy) is 3. The number of nitrogens with zero attached hydrogens (tertiary/aromatic N) is 2. The second-order valence-electron chi connectivity index (χ2n) is 7.69. The Kier molecular flexibility index (Phi) is 5.04. The highest BCUT2D eigenvalue weighted by Crippen LogP contribution is 2.35. The summed E-state index contributed by atoms with van der Waals surface area (Å²) in [5.74, 6) is -0.842. The van der Waals surface area contributed by atoms with Gasteiger partial charge in [-0.1, -0.05) is 34.8 Å². The minimum atomic E-state index is -2.04. The van der Waals surface area contributed by atoms with Gasteiger partial charge in [-0.3, -0.25) is 4.79 Å². The number of benzene rings is 1. The number of hydrogen-bond acceptors (Lipinski definition) is 5. The average Bonchev–Trinajstić information content (AvgIpc) is 3.19. The third kappa shape index (κ3) is 3.84. The van der Waals surface area contributed by atoms with Crippen molar-refractivity contribution >= 4 is 17.6 Å². The highest BCUT2D eigenvalue weighted by molar-refractivity contribution is 5.82. The zero-order valence-electron chi connectivity index (χ0n) is 16.1. The van der Waals surface area contributed by atoms with Crippen LogP contribution in [-0.4, -0.2) is 60.0 Å². The van der Waals surface area contributed by atoms with Crippen molar-refractivity contribution in [1.29, 1.82) is 0 Å². The van der Waals surface area contributed by atoms with E-state index in [1.807, 2.05) is 6.08 Å². The van der Waals surface area contributed by atoms with Crippen LogP contribution in [-0.2, 0) is 19.0 Å². The summed E-state index contributed by atoms with van der Waals surface area (Å²) in [6.45, 7) is 4.79. The summed E-state index contributed by atoms with van der Waals surface area (Å²) < 4.78 is 42.8. The first-order valence-electron chi connectivity index (χ1n) is 9.45. The molecule has 2 amide bonds. The minimum Gasteiger partial charge on any atom is -0.410 e. The van der Waals surface area contributed by atoms with Crippen LogP contribution in [0.2, 0.25) is 0 Å². The third-order valence-electron chi connectivity index (χ3n) is 5.31. The van der Waals surface area contributed by atoms with Gasteiger partial charge in [-0.2, -0.15) is 4.39 Å². The monoisotopic (exact) mass is 408 g/mol. The van der Waals surface area contributed by atoms with Crippen molar-refractivity contribution in [1.82, 2.24) is 10.0 Å². The molecule has 0 aromatic heterocycles. The molecule has 4 rings (SSSR count). The van der Waals surface area contributed by atoms with Crippen molar-refractivity contribution in [3.8, 4) is 0 Å². The van der Waals surface area contributed by atoms with Crippen LogP contribution in [0.1, 0.15) is 37.4 Å². The van der Waals surface area contributed by atoms with E-state index >= 15 is 0 Å². The number of carbonyl (C=O) groups excluding carboxylic acids is 2. The molecule has 3 heterocycles. The summed E-state index contributed by atoms with van der Waals surface area (Å²) in [6, 6.07) is 5.25. The molecule has 0 bridgehead atoms. The van der Waals surface area contributed by atoms with Crippen LogP contribution in [0.25, 0.3) is 5.57 Å². The molecule has 7 nitrogen and oxygen atoms in total. The summed E-state index contributed by atoms with van der Waals surface area (Å²) in [6.07, 6.45) is -1.36. The molecule has 0 saturated carbocycles. The van der Waals surface area contributed by atoms with E-state index in [2.05, 4.69) is 4.74 Å². The molecule has 3 atom stereocenters. The fourth-order valence-corrected chi connectivity index (χ4v) is 3.75. The van der Waals surface area contributed by atoms with Crippen molar-refractivity contribution < 1.29 is 32.7 Å². The molecule has 3 aliphatic rings. The van der Waals surface area contributed by atoms with Crippen LogP contribution in [0, 0.1) is 0 Å². The first-order chi connectivity index (χ1) is 13.7. The molecular weight excluding hydrogens is 386 g/mol. The Morgan fingerprint density at radius 3 is 2.48 bits per heavy atom. The third-order valence-corrected chi connectivity index (χ3v) is 5.31. The molecule has 9 heteroatoms. The normalized spacial score (nSPS) is 29.0. The highest BCUT2D eigenvalue weighted by atomic mass is 19.2. The Labute approximate surface area is 166 Å². The fraction of sp³-hybridized carbons (Fsp3) is 0.500. The molecular formula is C20H22F2N2O5. The van der Waals surface area contributed by atoms with Crippen LogP contribution in [0.15, 0.2) is 30.3 Å². The number of amides is 2. The molecule has 0 N–H and O–H groups in total. The quantitative estimate of drug-likeness (QED) is 0.719. The van der Waals surface area contributed by atoms with E-state index < -0.39 is 30.4 Å². The fourth-order valence-electron chi connectivity index (χ4n) is 3.75. The molecule has 1 aromatic carbocycles. The number of alkyl halides is 1. The standard InChI is InChI=1S/C20H22F2N2O5/c1-20(2)27-11-15(29-20)18(25)23-9-7-13(8-10-23)12-3-5-14(6-4-12)16-17(21)28-19(26)24(16)22/h3-7,15-17H,8-11H2,1-2H3/t15-,16?,17?/m0/s1. The van der Waals surface area contributed by atoms with E-state index in [4.69, 9.17) is 9.47 Å². The Morgan fingerprint density at radius 1 is 1.24 bits per heavy atom. The number of halogens is 2. The lowest BCUT2D eigenvalue weighted by atomic mass is 9.96. The molecule has 0 radical (unpaired) electrons. The Morgan fingerprint density at radius 2 is 1.97 bits per heavy atom. The van der Waals surface area contributed by atoms with Gasteiger partial charge in [0.05, 0.1) is 6.61 Å². The van der Waals surface area contributed by atoms with Gasteiger partial charge in [0, 0.05) is 13.1 Å². The van der Waals surface area contributed by atoms with Gasteiger partial charge in [0.2, 0.25) is 0 Å². The summed E-state index contributed by atoms with van der Waals surface area (Å²) in [5, 5.41) is -0.237. The zero-order chi connectivity index (χ0) is 20.8. The molecule has 0 aliphatic carbocycles. The maximum absolute atomic E-state index is 13.7. The van der Waals surface area contributed by atoms with Gasteiger partial charge in [-0.05, 0) is 37.0 Å². The summed E-state index contributed by atoms with van der Waals surface area (Å²) in [4.78, 5) is 25.4. The van der Waals surface area contributed by atoms with Crippen LogP contribution < -0.4 is 0 Å². The first kappa shape index (κ1) is 19.8. The summed E-state index contributed by atoms with van der Waals surface area (Å²) in [5.41, 5.74) is 2.24. The molecule has 1 aromatic rings. The van der Waals surface area contributed by atoms with Gasteiger partial charge < -0.3 is 19.1 Å². The number of rotatable bonds is 3. The van der Waals surface area contributed by atoms with E-state index in [9.17, 15) is 18.5 Å². The summed E-state index contributed by atoms with van der Waals surface area (Å²) in [7, 11) is 0. The van der Waals surface area contributed by atoms with Gasteiger partial charge in [-0.15, -0.1) is 5.12 Å². The van der Waals surface area contributed by atoms with Gasteiger partial charge in [-0.25, -0.2) is 4.79 Å². The zero-order valence-corrected chi connectivity index (χ0v) is 16.1. The highest BCUT2D eigenvalue weighted by Gasteiger charge is 2.44. The Balaban J connectivity index is 1.40. The van der Waals surface area contributed by atoms with Crippen LogP contribution in [0.3, 0.4) is 0 Å². The van der Waals surface area contributed by atoms with Crippen molar-refractivity contribution in [2.75, 3.05) is 19.7 Å². The van der Waals surface area contributed by atoms with Crippen molar-refractivity contribution in [3.63, 3.8) is 0 Å². The number of carbonyl (C=O) groups is 2. The van der Waals surface area contributed by atoms with E-state index in [1.54, 1.807) is 43.0 Å². The van der Waals surface area contributed by atoms with Crippen LogP contribution in [0.5, 0.6) is 0 Å². The molecule has 156 valence electrons. The largest absolute Gasteiger partial charge is 0.441 e. The Bertz CT molecular complexity index is 842. The van der Waals surface area contributed by atoms with Crippen molar-refractivity contribution in [3.05, 3.63) is 41.5 Å². The number of hydrogen-bond donors (Lipinski definition) is 0. The molecule has 3 aliphatic heterocycles. The smallest absolute Gasteiger partial charge is 0.410 e. The van der Waals surface area contributed by atoms with Gasteiger partial charge in [0.1, 0.15) is 0 Å². The second kappa shape index (κ2) is 7.38. The number of cyclic esters (lactones) is 1. The predicted molar refractivity (Wildman–Crippen MR) is 97.6 cm³/mol. The molecule has 0 spiro atoms. The van der Waals surface area contributed by atoms with E-state index in [0.29, 0.717) is 25.1 Å². The SMILES string of the molecule is CC1(C)OC[C@@H](C(=O)N2CC=C(c3ccc(C4C(F)OC(=O)N4F)cc3)CC2)O1. The van der Waals surface area contributed by atoms with E-state index in [1.165, 1.54) is 0 Å². The molecule has 2 fully saturated rings. The van der Waals surface area contributed by atoms with E-state index in [-0.39, 0.29) is 17.6 Å². The van der Waals surface area contributed by atoms with Gasteiger partial charge >= 0.3 is 6.09 Å². The van der Waals surface area contributed by atoms with Crippen molar-refractivity contribution in [2.24, 2.45) is 0 Å². The topological polar surface area (TPSA) is 68.3 Å². The molecule has 2 saturated heterocycles. The van der Waals surface area contributed by atoms with Crippen LogP contribution >= 0.6 is 0 Å². The first-order valence-corrected chi connectivity index (χ1v) is 9.45. The van der Waals surface area contributed by atoms with E-state index in [0.717, 1.165) is 11.1 Å². The van der Waals surface area contributed by atoms with Crippen LogP contribution in [0.4, 0.5) is 13.7 Å². The predicted octanol–water partition coefficient (Wildman–Crippen LogP) is 3.13. The maximum Gasteiger partial charge on any atom is 0.441 e. The molecule has 29 heavy (non-hydrogen) atoms. The lowest BCUT2D eigenvalue weighted by Gasteiger charge is -2.29.